The molecule has 0 fully saturated rings. The van der Waals surface area contributed by atoms with Crippen molar-refractivity contribution in [2.75, 3.05) is 19.0 Å². The van der Waals surface area contributed by atoms with Crippen LogP contribution in [-0.4, -0.2) is 31.4 Å². The zero-order chi connectivity index (χ0) is 18.9. The lowest BCUT2D eigenvalue weighted by Gasteiger charge is -2.08. The maximum atomic E-state index is 11.9. The quantitative estimate of drug-likeness (QED) is 0.572. The lowest BCUT2D eigenvalue weighted by molar-refractivity contribution is -0.117. The summed E-state index contributed by atoms with van der Waals surface area (Å²) in [5.41, 5.74) is 0.562. The van der Waals surface area contributed by atoms with Crippen LogP contribution in [-0.2, 0) is 14.3 Å². The first-order chi connectivity index (χ1) is 12.5. The van der Waals surface area contributed by atoms with E-state index in [-0.39, 0.29) is 35.4 Å². The average molecular weight is 377 g/mol. The van der Waals surface area contributed by atoms with Crippen LogP contribution in [0.3, 0.4) is 0 Å². The lowest BCUT2D eigenvalue weighted by atomic mass is 10.2. The molecular formula is C18H17ClN2O5. The summed E-state index contributed by atoms with van der Waals surface area (Å²) in [6.45, 7) is 0.157. The molecule has 0 saturated heterocycles. The van der Waals surface area contributed by atoms with Crippen LogP contribution in [0.2, 0.25) is 5.02 Å². The number of halogens is 1. The Hall–Kier alpha value is -3.06. The SMILES string of the molecule is COC(=O)c1cc(NC(=O)CCNC(=O)/C=C/c2ccco2)ccc1Cl. The molecule has 26 heavy (non-hydrogen) atoms. The number of rotatable bonds is 7. The van der Waals surface area contributed by atoms with E-state index in [4.69, 9.17) is 16.0 Å². The number of methoxy groups -OCH3 is 1. The molecule has 0 aliphatic carbocycles. The summed E-state index contributed by atoms with van der Waals surface area (Å²) >= 11 is 5.92. The van der Waals surface area contributed by atoms with Gasteiger partial charge in [-0.05, 0) is 36.4 Å². The number of hydrogen-bond donors (Lipinski definition) is 2. The van der Waals surface area contributed by atoms with Gasteiger partial charge >= 0.3 is 5.97 Å². The minimum atomic E-state index is -0.596. The van der Waals surface area contributed by atoms with Crippen molar-refractivity contribution in [3.05, 3.63) is 59.0 Å². The Morgan fingerprint density at radius 3 is 2.77 bits per heavy atom. The Kier molecular flexibility index (Phi) is 6.99. The second-order valence-electron chi connectivity index (χ2n) is 5.12. The van der Waals surface area contributed by atoms with Gasteiger partial charge in [0.15, 0.2) is 0 Å². The van der Waals surface area contributed by atoms with E-state index in [1.165, 1.54) is 37.7 Å². The van der Waals surface area contributed by atoms with Crippen molar-refractivity contribution in [2.24, 2.45) is 0 Å². The molecule has 1 heterocycles. The molecule has 1 aromatic carbocycles. The van der Waals surface area contributed by atoms with Crippen molar-refractivity contribution in [3.63, 3.8) is 0 Å². The number of hydrogen-bond acceptors (Lipinski definition) is 5. The molecule has 0 unspecified atom stereocenters. The molecule has 2 amide bonds. The van der Waals surface area contributed by atoms with Gasteiger partial charge in [0, 0.05) is 24.7 Å². The van der Waals surface area contributed by atoms with Gasteiger partial charge in [-0.15, -0.1) is 0 Å². The number of esters is 1. The van der Waals surface area contributed by atoms with Crippen LogP contribution in [0.25, 0.3) is 6.08 Å². The molecule has 7 nitrogen and oxygen atoms in total. The summed E-state index contributed by atoms with van der Waals surface area (Å²) in [6.07, 6.45) is 4.41. The standard InChI is InChI=1S/C18H17ClN2O5/c1-25-18(24)14-11-12(4-6-15(14)19)21-17(23)8-9-20-16(22)7-5-13-3-2-10-26-13/h2-7,10-11H,8-9H2,1H3,(H,20,22)(H,21,23)/b7-5+. The minimum absolute atomic E-state index is 0.0660. The van der Waals surface area contributed by atoms with Gasteiger partial charge in [-0.2, -0.15) is 0 Å². The number of benzene rings is 1. The zero-order valence-corrected chi connectivity index (χ0v) is 14.7. The molecule has 0 aliphatic rings. The fourth-order valence-electron chi connectivity index (χ4n) is 1.99. The highest BCUT2D eigenvalue weighted by atomic mass is 35.5. The number of carbonyl (C=O) groups excluding carboxylic acids is 3. The van der Waals surface area contributed by atoms with Gasteiger partial charge in [-0.25, -0.2) is 4.79 Å². The molecule has 1 aromatic heterocycles. The Labute approximate surface area is 155 Å². The maximum absolute atomic E-state index is 11.9. The van der Waals surface area contributed by atoms with E-state index in [1.807, 2.05) is 0 Å². The number of anilines is 1. The molecule has 0 spiro atoms. The molecular weight excluding hydrogens is 360 g/mol. The van der Waals surface area contributed by atoms with Crippen LogP contribution in [0.5, 0.6) is 0 Å². The molecule has 0 aliphatic heterocycles. The van der Waals surface area contributed by atoms with Crippen LogP contribution in [0.15, 0.2) is 47.1 Å². The van der Waals surface area contributed by atoms with Crippen LogP contribution >= 0.6 is 11.6 Å². The third kappa shape index (κ3) is 5.78. The second-order valence-corrected chi connectivity index (χ2v) is 5.53. The van der Waals surface area contributed by atoms with E-state index in [2.05, 4.69) is 15.4 Å². The van der Waals surface area contributed by atoms with Gasteiger partial charge < -0.3 is 19.8 Å². The first-order valence-electron chi connectivity index (χ1n) is 7.66. The summed E-state index contributed by atoms with van der Waals surface area (Å²) < 4.78 is 9.68. The van der Waals surface area contributed by atoms with Crippen LogP contribution < -0.4 is 10.6 Å². The molecule has 2 N–H and O–H groups in total. The first-order valence-corrected chi connectivity index (χ1v) is 8.04. The molecule has 2 rings (SSSR count). The molecule has 8 heteroatoms. The number of furan rings is 1. The van der Waals surface area contributed by atoms with E-state index < -0.39 is 5.97 Å². The lowest BCUT2D eigenvalue weighted by Crippen LogP contribution is -2.26. The summed E-state index contributed by atoms with van der Waals surface area (Å²) in [5, 5.41) is 5.44. The van der Waals surface area contributed by atoms with Gasteiger partial charge in [0.05, 0.1) is 24.0 Å². The highest BCUT2D eigenvalue weighted by molar-refractivity contribution is 6.33. The largest absolute Gasteiger partial charge is 0.465 e. The maximum Gasteiger partial charge on any atom is 0.339 e. The van der Waals surface area contributed by atoms with Crippen molar-refractivity contribution in [1.29, 1.82) is 0 Å². The first kappa shape index (κ1) is 19.3. The van der Waals surface area contributed by atoms with E-state index >= 15 is 0 Å². The van der Waals surface area contributed by atoms with E-state index in [0.717, 1.165) is 0 Å². The minimum Gasteiger partial charge on any atom is -0.465 e. The highest BCUT2D eigenvalue weighted by Crippen LogP contribution is 2.21. The number of carbonyl (C=O) groups is 3. The Morgan fingerprint density at radius 2 is 2.08 bits per heavy atom. The Morgan fingerprint density at radius 1 is 1.27 bits per heavy atom. The van der Waals surface area contributed by atoms with Gasteiger partial charge in [-0.1, -0.05) is 11.6 Å². The second kappa shape index (κ2) is 9.43. The predicted octanol–water partition coefficient (Wildman–Crippen LogP) is 2.88. The molecule has 136 valence electrons. The third-order valence-electron chi connectivity index (χ3n) is 3.25. The number of nitrogens with one attached hydrogen (secondary N) is 2. The van der Waals surface area contributed by atoms with Crippen LogP contribution in [0.1, 0.15) is 22.5 Å². The van der Waals surface area contributed by atoms with Gasteiger partial charge in [0.25, 0.3) is 0 Å². The summed E-state index contributed by atoms with van der Waals surface area (Å²) in [6, 6.07) is 7.91. The summed E-state index contributed by atoms with van der Waals surface area (Å²) in [4.78, 5) is 35.1. The average Bonchev–Trinajstić information content (AvgIpc) is 3.14. The van der Waals surface area contributed by atoms with E-state index in [9.17, 15) is 14.4 Å². The molecule has 0 atom stereocenters. The third-order valence-corrected chi connectivity index (χ3v) is 3.58. The molecule has 0 radical (unpaired) electrons. The van der Waals surface area contributed by atoms with Crippen molar-refractivity contribution in [3.8, 4) is 0 Å². The highest BCUT2D eigenvalue weighted by Gasteiger charge is 2.12. The monoisotopic (exact) mass is 376 g/mol. The predicted molar refractivity (Wildman–Crippen MR) is 96.8 cm³/mol. The fraction of sp³-hybridized carbons (Fsp3) is 0.167. The fourth-order valence-corrected chi connectivity index (χ4v) is 2.19. The topological polar surface area (TPSA) is 97.6 Å². The normalized spacial score (nSPS) is 10.5. The van der Waals surface area contributed by atoms with Crippen molar-refractivity contribution in [2.45, 2.75) is 6.42 Å². The summed E-state index contributed by atoms with van der Waals surface area (Å²) in [5.74, 6) is -0.698. The van der Waals surface area contributed by atoms with Crippen molar-refractivity contribution < 1.29 is 23.5 Å². The van der Waals surface area contributed by atoms with Crippen LogP contribution in [0.4, 0.5) is 5.69 Å². The summed E-state index contributed by atoms with van der Waals surface area (Å²) in [7, 11) is 1.24. The molecule has 2 aromatic rings. The van der Waals surface area contributed by atoms with Gasteiger partial charge in [0.1, 0.15) is 5.76 Å². The Bertz CT molecular complexity index is 815. The van der Waals surface area contributed by atoms with E-state index in [0.29, 0.717) is 11.4 Å². The van der Waals surface area contributed by atoms with Gasteiger partial charge in [0.2, 0.25) is 11.8 Å². The van der Waals surface area contributed by atoms with E-state index in [1.54, 1.807) is 18.2 Å². The number of amides is 2. The Balaban J connectivity index is 1.80. The smallest absolute Gasteiger partial charge is 0.339 e. The molecule has 0 saturated carbocycles. The number of ether oxygens (including phenoxy) is 1. The molecule has 0 bridgehead atoms. The van der Waals surface area contributed by atoms with Crippen LogP contribution in [0, 0.1) is 0 Å². The van der Waals surface area contributed by atoms with Gasteiger partial charge in [-0.3, -0.25) is 9.59 Å². The zero-order valence-electron chi connectivity index (χ0n) is 14.0. The van der Waals surface area contributed by atoms with Crippen molar-refractivity contribution >= 4 is 41.1 Å². The van der Waals surface area contributed by atoms with Crippen molar-refractivity contribution in [1.82, 2.24) is 5.32 Å².